The first-order valence-corrected chi connectivity index (χ1v) is 7.20. The molecule has 0 unspecified atom stereocenters. The molecule has 0 aliphatic heterocycles. The van der Waals surface area contributed by atoms with E-state index in [9.17, 15) is 18.0 Å². The Bertz CT molecular complexity index is 547. The molecule has 1 aliphatic rings. The molecule has 2 rings (SSSR count). The van der Waals surface area contributed by atoms with Crippen LogP contribution in [0.25, 0.3) is 0 Å². The Kier molecular flexibility index (Phi) is 5.31. The number of aliphatic hydroxyl groups is 1. The van der Waals surface area contributed by atoms with Crippen LogP contribution in [-0.4, -0.2) is 41.7 Å². The number of nitrogens with zero attached hydrogens (tertiary/aromatic N) is 1. The van der Waals surface area contributed by atoms with Gasteiger partial charge in [-0.1, -0.05) is 11.6 Å². The molecule has 122 valence electrons. The Hall–Kier alpha value is -1.31. The topological polar surface area (TPSA) is 52.6 Å². The third-order valence-electron chi connectivity index (χ3n) is 3.36. The highest BCUT2D eigenvalue weighted by molar-refractivity contribution is 6.30. The van der Waals surface area contributed by atoms with E-state index in [1.54, 1.807) is 4.90 Å². The molecule has 1 aromatic rings. The molecule has 1 amide bonds. The molecule has 0 atom stereocenters. The van der Waals surface area contributed by atoms with Crippen molar-refractivity contribution in [1.82, 2.24) is 4.90 Å². The number of anilines is 1. The lowest BCUT2D eigenvalue weighted by Crippen LogP contribution is -2.37. The molecule has 0 bridgehead atoms. The summed E-state index contributed by atoms with van der Waals surface area (Å²) in [6.45, 7) is 0.175. The average Bonchev–Trinajstić information content (AvgIpc) is 3.23. The molecule has 0 saturated heterocycles. The van der Waals surface area contributed by atoms with Gasteiger partial charge in [-0.3, -0.25) is 9.69 Å². The van der Waals surface area contributed by atoms with Gasteiger partial charge in [0.2, 0.25) is 5.91 Å². The van der Waals surface area contributed by atoms with Gasteiger partial charge in [0.05, 0.1) is 24.4 Å². The second-order valence-electron chi connectivity index (χ2n) is 5.16. The Balaban J connectivity index is 2.08. The third kappa shape index (κ3) is 4.59. The van der Waals surface area contributed by atoms with Crippen molar-refractivity contribution in [2.75, 3.05) is 25.0 Å². The van der Waals surface area contributed by atoms with Crippen molar-refractivity contribution in [2.45, 2.75) is 25.1 Å². The van der Waals surface area contributed by atoms with Crippen LogP contribution in [0.4, 0.5) is 18.9 Å². The summed E-state index contributed by atoms with van der Waals surface area (Å²) < 4.78 is 38.8. The van der Waals surface area contributed by atoms with Gasteiger partial charge < -0.3 is 10.4 Å². The number of alkyl halides is 3. The fourth-order valence-electron chi connectivity index (χ4n) is 2.19. The second-order valence-corrected chi connectivity index (χ2v) is 5.60. The molecule has 1 aromatic carbocycles. The van der Waals surface area contributed by atoms with E-state index in [2.05, 4.69) is 5.32 Å². The van der Waals surface area contributed by atoms with E-state index in [1.807, 2.05) is 0 Å². The molecule has 2 N–H and O–H groups in total. The van der Waals surface area contributed by atoms with Gasteiger partial charge in [0.25, 0.3) is 0 Å². The zero-order valence-corrected chi connectivity index (χ0v) is 12.4. The highest BCUT2D eigenvalue weighted by Gasteiger charge is 2.35. The molecule has 1 fully saturated rings. The van der Waals surface area contributed by atoms with Gasteiger partial charge in [-0.2, -0.15) is 13.2 Å². The Labute approximate surface area is 130 Å². The molecule has 1 saturated carbocycles. The second kappa shape index (κ2) is 6.85. The van der Waals surface area contributed by atoms with Crippen LogP contribution in [0.5, 0.6) is 0 Å². The van der Waals surface area contributed by atoms with Crippen molar-refractivity contribution in [2.24, 2.45) is 0 Å². The summed E-state index contributed by atoms with van der Waals surface area (Å²) >= 11 is 5.59. The maximum absolute atomic E-state index is 12.9. The number of carbonyl (C=O) groups is 1. The number of nitrogens with one attached hydrogen (secondary N) is 1. The van der Waals surface area contributed by atoms with Crippen LogP contribution in [0.3, 0.4) is 0 Å². The Morgan fingerprint density at radius 3 is 2.64 bits per heavy atom. The third-order valence-corrected chi connectivity index (χ3v) is 3.59. The van der Waals surface area contributed by atoms with E-state index < -0.39 is 17.6 Å². The molecule has 0 heterocycles. The summed E-state index contributed by atoms with van der Waals surface area (Å²) in [6, 6.07) is 3.43. The predicted octanol–water partition coefficient (Wildman–Crippen LogP) is 2.75. The lowest BCUT2D eigenvalue weighted by Gasteiger charge is -2.21. The maximum atomic E-state index is 12.9. The van der Waals surface area contributed by atoms with E-state index in [4.69, 9.17) is 16.7 Å². The van der Waals surface area contributed by atoms with Crippen molar-refractivity contribution in [3.05, 3.63) is 28.8 Å². The molecule has 8 heteroatoms. The molecule has 0 spiro atoms. The van der Waals surface area contributed by atoms with E-state index >= 15 is 0 Å². The van der Waals surface area contributed by atoms with Crippen LogP contribution in [0.1, 0.15) is 18.4 Å². The van der Waals surface area contributed by atoms with Gasteiger partial charge in [0.1, 0.15) is 0 Å². The predicted molar refractivity (Wildman–Crippen MR) is 76.8 cm³/mol. The molecule has 4 nitrogen and oxygen atoms in total. The van der Waals surface area contributed by atoms with Crippen molar-refractivity contribution < 1.29 is 23.1 Å². The Morgan fingerprint density at radius 2 is 2.09 bits per heavy atom. The molecule has 22 heavy (non-hydrogen) atoms. The van der Waals surface area contributed by atoms with Crippen LogP contribution in [0.15, 0.2) is 18.2 Å². The zero-order chi connectivity index (χ0) is 16.3. The number of amides is 1. The van der Waals surface area contributed by atoms with Crippen LogP contribution >= 0.6 is 11.6 Å². The van der Waals surface area contributed by atoms with Crippen LogP contribution in [-0.2, 0) is 11.0 Å². The highest BCUT2D eigenvalue weighted by atomic mass is 35.5. The highest BCUT2D eigenvalue weighted by Crippen LogP contribution is 2.36. The normalized spacial score (nSPS) is 15.2. The lowest BCUT2D eigenvalue weighted by atomic mass is 10.1. The fourth-order valence-corrected chi connectivity index (χ4v) is 2.37. The van der Waals surface area contributed by atoms with Crippen molar-refractivity contribution in [1.29, 1.82) is 0 Å². The first-order valence-electron chi connectivity index (χ1n) is 6.83. The first-order chi connectivity index (χ1) is 10.3. The summed E-state index contributed by atoms with van der Waals surface area (Å²) in [5.41, 5.74) is -1.30. The minimum Gasteiger partial charge on any atom is -0.395 e. The van der Waals surface area contributed by atoms with Gasteiger partial charge >= 0.3 is 6.18 Å². The monoisotopic (exact) mass is 336 g/mol. The molecule has 1 aliphatic carbocycles. The number of halogens is 4. The van der Waals surface area contributed by atoms with Gasteiger partial charge in [0, 0.05) is 17.6 Å². The first kappa shape index (κ1) is 17.1. The number of hydrogen-bond donors (Lipinski definition) is 2. The Morgan fingerprint density at radius 1 is 1.41 bits per heavy atom. The standard InChI is InChI=1S/C14H16ClF3N2O2/c15-9-1-4-12(11(7-9)14(16,17)18)19-13(22)8-20(5-6-21)10-2-3-10/h1,4,7,10,21H,2-3,5-6,8H2,(H,19,22). The van der Waals surface area contributed by atoms with Gasteiger partial charge in [0.15, 0.2) is 0 Å². The summed E-state index contributed by atoms with van der Waals surface area (Å²) in [6.07, 6.45) is -2.74. The number of benzene rings is 1. The number of aliphatic hydroxyl groups excluding tert-OH is 1. The zero-order valence-electron chi connectivity index (χ0n) is 11.7. The van der Waals surface area contributed by atoms with Crippen LogP contribution in [0, 0.1) is 0 Å². The molecule has 0 aromatic heterocycles. The van der Waals surface area contributed by atoms with Crippen LogP contribution in [0.2, 0.25) is 5.02 Å². The maximum Gasteiger partial charge on any atom is 0.418 e. The van der Waals surface area contributed by atoms with Crippen molar-refractivity contribution in [3.63, 3.8) is 0 Å². The fraction of sp³-hybridized carbons (Fsp3) is 0.500. The summed E-state index contributed by atoms with van der Waals surface area (Å²) in [4.78, 5) is 13.7. The quantitative estimate of drug-likeness (QED) is 0.840. The molecule has 0 radical (unpaired) electrons. The van der Waals surface area contributed by atoms with Gasteiger partial charge in [-0.05, 0) is 31.0 Å². The summed E-state index contributed by atoms with van der Waals surface area (Å²) in [7, 11) is 0. The minimum absolute atomic E-state index is 0.0504. The number of hydrogen-bond acceptors (Lipinski definition) is 3. The average molecular weight is 337 g/mol. The van der Waals surface area contributed by atoms with Gasteiger partial charge in [-0.15, -0.1) is 0 Å². The smallest absolute Gasteiger partial charge is 0.395 e. The number of carbonyl (C=O) groups excluding carboxylic acids is 1. The summed E-state index contributed by atoms with van der Waals surface area (Å²) in [5, 5.41) is 11.2. The largest absolute Gasteiger partial charge is 0.418 e. The van der Waals surface area contributed by atoms with Crippen LogP contribution < -0.4 is 5.32 Å². The lowest BCUT2D eigenvalue weighted by molar-refractivity contribution is -0.137. The molecular weight excluding hydrogens is 321 g/mol. The minimum atomic E-state index is -4.60. The SMILES string of the molecule is O=C(CN(CCO)C1CC1)Nc1ccc(Cl)cc1C(F)(F)F. The van der Waals surface area contributed by atoms with Crippen molar-refractivity contribution in [3.8, 4) is 0 Å². The van der Waals surface area contributed by atoms with E-state index in [0.29, 0.717) is 6.54 Å². The van der Waals surface area contributed by atoms with E-state index in [0.717, 1.165) is 25.0 Å². The number of rotatable bonds is 6. The van der Waals surface area contributed by atoms with Crippen molar-refractivity contribution >= 4 is 23.2 Å². The van der Waals surface area contributed by atoms with Gasteiger partial charge in [-0.25, -0.2) is 0 Å². The molecular formula is C14H16ClF3N2O2. The van der Waals surface area contributed by atoms with E-state index in [-0.39, 0.29) is 29.9 Å². The van der Waals surface area contributed by atoms with E-state index in [1.165, 1.54) is 6.07 Å². The summed E-state index contributed by atoms with van der Waals surface area (Å²) in [5.74, 6) is -0.548.